The van der Waals surface area contributed by atoms with Crippen molar-refractivity contribution in [2.24, 2.45) is 5.92 Å². The number of benzene rings is 3. The third kappa shape index (κ3) is 7.94. The first-order chi connectivity index (χ1) is 23.9. The first-order valence-corrected chi connectivity index (χ1v) is 16.8. The Hall–Kier alpha value is -3.70. The molecule has 3 aromatic carbocycles. The molecule has 50 heavy (non-hydrogen) atoms. The van der Waals surface area contributed by atoms with Crippen LogP contribution in [0.2, 0.25) is 0 Å². The average Bonchev–Trinajstić information content (AvgIpc) is 3.10. The third-order valence-corrected chi connectivity index (χ3v) is 10.1. The van der Waals surface area contributed by atoms with Crippen molar-refractivity contribution in [3.63, 3.8) is 0 Å². The number of phenols is 2. The molecular weight excluding hydrogens is 636 g/mol. The minimum Gasteiger partial charge on any atom is -0.508 e. The van der Waals surface area contributed by atoms with Gasteiger partial charge in [-0.2, -0.15) is 0 Å². The molecule has 0 aliphatic heterocycles. The highest BCUT2D eigenvalue weighted by molar-refractivity contribution is 5.53. The van der Waals surface area contributed by atoms with Gasteiger partial charge in [0.1, 0.15) is 17.3 Å². The van der Waals surface area contributed by atoms with Gasteiger partial charge >= 0.3 is 0 Å². The molecule has 9 heteroatoms. The van der Waals surface area contributed by atoms with E-state index < -0.39 is 10.8 Å². The Morgan fingerprint density at radius 3 is 1.36 bits per heavy atom. The van der Waals surface area contributed by atoms with Crippen LogP contribution in [-0.2, 0) is 65.7 Å². The zero-order valence-corrected chi connectivity index (χ0v) is 31.0. The summed E-state index contributed by atoms with van der Waals surface area (Å²) in [5, 5.41) is 33.2. The van der Waals surface area contributed by atoms with Gasteiger partial charge in [-0.05, 0) is 64.4 Å². The van der Waals surface area contributed by atoms with Gasteiger partial charge in [-0.15, -0.1) is 0 Å². The van der Waals surface area contributed by atoms with Gasteiger partial charge in [-0.25, -0.2) is 0 Å². The Kier molecular flexibility index (Phi) is 13.3. The number of hydrogen-bond acceptors (Lipinski definition) is 9. The van der Waals surface area contributed by atoms with Crippen molar-refractivity contribution >= 4 is 0 Å². The zero-order valence-electron chi connectivity index (χ0n) is 31.0. The van der Waals surface area contributed by atoms with Gasteiger partial charge in [0.05, 0.1) is 39.6 Å². The maximum absolute atomic E-state index is 11.2. The van der Waals surface area contributed by atoms with Crippen molar-refractivity contribution in [2.75, 3.05) is 55.9 Å². The minimum atomic E-state index is -0.643. The van der Waals surface area contributed by atoms with Crippen LogP contribution in [0.3, 0.4) is 0 Å². The number of aliphatic hydroxyl groups excluding tert-OH is 1. The Morgan fingerprint density at radius 2 is 0.940 bits per heavy atom. The Morgan fingerprint density at radius 1 is 0.540 bits per heavy atom. The fourth-order valence-corrected chi connectivity index (χ4v) is 7.15. The molecule has 9 nitrogen and oxygen atoms in total. The Balaban J connectivity index is 1.92. The van der Waals surface area contributed by atoms with Gasteiger partial charge in [0.2, 0.25) is 0 Å². The largest absolute Gasteiger partial charge is 0.508 e. The van der Waals surface area contributed by atoms with Gasteiger partial charge in [-0.1, -0.05) is 51.1 Å². The second-order valence-corrected chi connectivity index (χ2v) is 13.7. The zero-order chi connectivity index (χ0) is 36.6. The first-order valence-electron chi connectivity index (χ1n) is 16.8. The fourth-order valence-electron chi connectivity index (χ4n) is 7.15. The number of phenolic OH excluding ortho intramolecular Hbond substituents is 2. The lowest BCUT2D eigenvalue weighted by atomic mass is 9.63. The molecule has 0 radical (unpaired) electrons. The summed E-state index contributed by atoms with van der Waals surface area (Å²) in [5.41, 5.74) is 7.33. The maximum Gasteiger partial charge on any atom is 0.126 e. The minimum absolute atomic E-state index is 0.117. The summed E-state index contributed by atoms with van der Waals surface area (Å²) in [6, 6.07) is 16.7. The van der Waals surface area contributed by atoms with E-state index in [1.54, 1.807) is 42.7 Å². The molecule has 3 N–H and O–H groups in total. The molecule has 0 saturated heterocycles. The van der Waals surface area contributed by atoms with Gasteiger partial charge in [0.15, 0.2) is 0 Å². The van der Waals surface area contributed by atoms with E-state index in [1.165, 1.54) is 0 Å². The Labute approximate surface area is 297 Å². The quantitative estimate of drug-likeness (QED) is 0.134. The molecule has 0 saturated carbocycles. The van der Waals surface area contributed by atoms with Crippen LogP contribution >= 0.6 is 0 Å². The summed E-state index contributed by atoms with van der Waals surface area (Å²) in [4.78, 5) is 0. The highest BCUT2D eigenvalue weighted by Gasteiger charge is 2.41. The molecule has 0 heterocycles. The van der Waals surface area contributed by atoms with Crippen LogP contribution in [0.4, 0.5) is 0 Å². The summed E-state index contributed by atoms with van der Waals surface area (Å²) in [5.74, 6) is 0.441. The molecule has 3 aromatic rings. The van der Waals surface area contributed by atoms with Crippen molar-refractivity contribution in [1.82, 2.24) is 0 Å². The normalized spacial score (nSPS) is 16.4. The summed E-state index contributed by atoms with van der Waals surface area (Å²) in [7, 11) is 9.69. The number of rotatable bonds is 17. The van der Waals surface area contributed by atoms with Crippen LogP contribution in [0.25, 0.3) is 0 Å². The van der Waals surface area contributed by atoms with Crippen LogP contribution in [-0.4, -0.2) is 71.2 Å². The van der Waals surface area contributed by atoms with E-state index in [1.807, 2.05) is 24.3 Å². The van der Waals surface area contributed by atoms with Gasteiger partial charge in [0.25, 0.3) is 0 Å². The number of aliphatic hydroxyl groups is 1. The molecule has 0 aromatic heterocycles. The highest BCUT2D eigenvalue weighted by Crippen LogP contribution is 2.48. The van der Waals surface area contributed by atoms with Crippen molar-refractivity contribution in [1.29, 1.82) is 0 Å². The third-order valence-electron chi connectivity index (χ3n) is 10.1. The standard InChI is InChI=1S/C41H54O9/c1-40(2,34-14-26(20-45-4)37(42)27(15-34)21-46-5)32-10-12-33(13-11-32)41(3,35-16-28(22-47-6)38(43)29(17-35)23-48-7)36-18-30(24-49-8)39(44)31(19-36)25-50-9/h10-18,36,42-44H,19-25H2,1-9H3. The SMILES string of the molecule is COCC1=CC(C(C)(c2ccc(C(C)(C)c3cc(COC)c(O)c(COC)c3)cc2)c2cc(COC)c(O)c(COC)c2)CC(COC)=C1O. The molecule has 1 aliphatic rings. The molecule has 0 fully saturated rings. The first kappa shape index (κ1) is 39.1. The molecule has 272 valence electrons. The summed E-state index contributed by atoms with van der Waals surface area (Å²) >= 11 is 0. The van der Waals surface area contributed by atoms with E-state index in [0.29, 0.717) is 34.2 Å². The van der Waals surface area contributed by atoms with Gasteiger partial charge in [0, 0.05) is 81.3 Å². The van der Waals surface area contributed by atoms with E-state index in [4.69, 9.17) is 28.4 Å². The smallest absolute Gasteiger partial charge is 0.126 e. The van der Waals surface area contributed by atoms with Gasteiger partial charge < -0.3 is 43.7 Å². The van der Waals surface area contributed by atoms with Crippen LogP contribution in [0.15, 0.2) is 71.5 Å². The molecule has 2 unspecified atom stereocenters. The van der Waals surface area contributed by atoms with E-state index in [0.717, 1.165) is 27.8 Å². The predicted molar refractivity (Wildman–Crippen MR) is 194 cm³/mol. The van der Waals surface area contributed by atoms with Crippen molar-refractivity contribution in [2.45, 2.75) is 64.4 Å². The van der Waals surface area contributed by atoms with Crippen LogP contribution in [0, 0.1) is 5.92 Å². The lowest BCUT2D eigenvalue weighted by molar-refractivity contribution is 0.174. The molecular formula is C41H54O9. The topological polar surface area (TPSA) is 116 Å². The molecule has 0 spiro atoms. The number of methoxy groups -OCH3 is 6. The predicted octanol–water partition coefficient (Wildman–Crippen LogP) is 7.37. The molecule has 4 rings (SSSR count). The molecule has 1 aliphatic carbocycles. The highest BCUT2D eigenvalue weighted by atomic mass is 16.5. The Bertz CT molecular complexity index is 1620. The van der Waals surface area contributed by atoms with Crippen LogP contribution < -0.4 is 0 Å². The maximum atomic E-state index is 11.2. The summed E-state index contributed by atoms with van der Waals surface area (Å²) < 4.78 is 32.9. The van der Waals surface area contributed by atoms with Crippen molar-refractivity contribution in [3.8, 4) is 11.5 Å². The average molecular weight is 691 g/mol. The van der Waals surface area contributed by atoms with Crippen LogP contribution in [0.5, 0.6) is 11.5 Å². The fraction of sp³-hybridized carbons (Fsp3) is 0.463. The van der Waals surface area contributed by atoms with E-state index in [-0.39, 0.29) is 62.8 Å². The van der Waals surface area contributed by atoms with Crippen molar-refractivity contribution in [3.05, 3.63) is 116 Å². The monoisotopic (exact) mass is 690 g/mol. The second kappa shape index (κ2) is 17.0. The molecule has 2 atom stereocenters. The van der Waals surface area contributed by atoms with Gasteiger partial charge in [-0.3, -0.25) is 0 Å². The molecule has 0 bridgehead atoms. The van der Waals surface area contributed by atoms with Crippen LogP contribution in [0.1, 0.15) is 71.7 Å². The number of allylic oxidation sites excluding steroid dienone is 1. The lowest BCUT2D eigenvalue weighted by Gasteiger charge is -2.41. The lowest BCUT2D eigenvalue weighted by Crippen LogP contribution is -2.36. The molecule has 0 amide bonds. The van der Waals surface area contributed by atoms with E-state index in [2.05, 4.69) is 51.1 Å². The van der Waals surface area contributed by atoms with E-state index in [9.17, 15) is 15.3 Å². The number of ether oxygens (including phenoxy) is 6. The summed E-state index contributed by atoms with van der Waals surface area (Å²) in [6.07, 6.45) is 2.66. The number of hydrogen-bond donors (Lipinski definition) is 3. The van der Waals surface area contributed by atoms with E-state index >= 15 is 0 Å². The van der Waals surface area contributed by atoms with Crippen molar-refractivity contribution < 1.29 is 43.7 Å². The summed E-state index contributed by atoms with van der Waals surface area (Å²) in [6.45, 7) is 8.10. The number of aromatic hydroxyl groups is 2. The second-order valence-electron chi connectivity index (χ2n) is 13.7.